The van der Waals surface area contributed by atoms with Crippen LogP contribution in [0.1, 0.15) is 24.8 Å². The van der Waals surface area contributed by atoms with Gasteiger partial charge in [-0.2, -0.15) is 0 Å². The fraction of sp³-hybridized carbons (Fsp3) is 0.571. The number of hydrogen-bond donors (Lipinski definition) is 2. The predicted molar refractivity (Wildman–Crippen MR) is 68.2 cm³/mol. The number of rotatable bonds is 8. The summed E-state index contributed by atoms with van der Waals surface area (Å²) in [5, 5.41) is 18.0. The van der Waals surface area contributed by atoms with Crippen molar-refractivity contribution in [2.24, 2.45) is 5.92 Å². The van der Waals surface area contributed by atoms with E-state index in [1.165, 1.54) is 5.56 Å². The Labute approximate surface area is 103 Å². The SMILES string of the molecule is COc1ccc(C[C@H](CO)CCCCO)cc1. The Kier molecular flexibility index (Phi) is 6.67. The van der Waals surface area contributed by atoms with Crippen LogP contribution in [-0.2, 0) is 6.42 Å². The van der Waals surface area contributed by atoms with E-state index in [0.717, 1.165) is 31.4 Å². The lowest BCUT2D eigenvalue weighted by Gasteiger charge is -2.14. The summed E-state index contributed by atoms with van der Waals surface area (Å²) in [7, 11) is 1.65. The van der Waals surface area contributed by atoms with E-state index in [1.807, 2.05) is 24.3 Å². The summed E-state index contributed by atoms with van der Waals surface area (Å²) in [5.41, 5.74) is 1.22. The van der Waals surface area contributed by atoms with E-state index in [9.17, 15) is 5.11 Å². The fourth-order valence-electron chi connectivity index (χ4n) is 1.90. The van der Waals surface area contributed by atoms with Gasteiger partial charge in [0.1, 0.15) is 5.75 Å². The third-order valence-corrected chi connectivity index (χ3v) is 2.96. The van der Waals surface area contributed by atoms with Gasteiger partial charge in [0.15, 0.2) is 0 Å². The third-order valence-electron chi connectivity index (χ3n) is 2.96. The van der Waals surface area contributed by atoms with E-state index in [0.29, 0.717) is 0 Å². The van der Waals surface area contributed by atoms with E-state index < -0.39 is 0 Å². The Morgan fingerprint density at radius 2 is 1.82 bits per heavy atom. The van der Waals surface area contributed by atoms with Crippen LogP contribution >= 0.6 is 0 Å². The largest absolute Gasteiger partial charge is 0.497 e. The smallest absolute Gasteiger partial charge is 0.118 e. The van der Waals surface area contributed by atoms with Crippen molar-refractivity contribution in [2.45, 2.75) is 25.7 Å². The van der Waals surface area contributed by atoms with Crippen LogP contribution in [0, 0.1) is 5.92 Å². The van der Waals surface area contributed by atoms with Crippen molar-refractivity contribution in [3.63, 3.8) is 0 Å². The molecular weight excluding hydrogens is 216 g/mol. The van der Waals surface area contributed by atoms with Crippen molar-refractivity contribution in [1.29, 1.82) is 0 Å². The van der Waals surface area contributed by atoms with Crippen LogP contribution in [0.15, 0.2) is 24.3 Å². The van der Waals surface area contributed by atoms with Crippen LogP contribution in [0.4, 0.5) is 0 Å². The van der Waals surface area contributed by atoms with Gasteiger partial charge in [-0.25, -0.2) is 0 Å². The molecule has 1 aromatic carbocycles. The molecule has 0 unspecified atom stereocenters. The number of ether oxygens (including phenoxy) is 1. The zero-order valence-electron chi connectivity index (χ0n) is 10.4. The summed E-state index contributed by atoms with van der Waals surface area (Å²) in [6.07, 6.45) is 3.63. The molecule has 2 N–H and O–H groups in total. The molecule has 1 aromatic rings. The number of methoxy groups -OCH3 is 1. The topological polar surface area (TPSA) is 49.7 Å². The molecule has 0 saturated heterocycles. The van der Waals surface area contributed by atoms with Gasteiger partial charge in [0.2, 0.25) is 0 Å². The molecule has 3 nitrogen and oxygen atoms in total. The molecular formula is C14H22O3. The van der Waals surface area contributed by atoms with Crippen LogP contribution in [0.2, 0.25) is 0 Å². The van der Waals surface area contributed by atoms with Gasteiger partial charge in [0.25, 0.3) is 0 Å². The molecule has 0 fully saturated rings. The molecule has 0 aromatic heterocycles. The second kappa shape index (κ2) is 8.09. The molecule has 0 aliphatic rings. The Hall–Kier alpha value is -1.06. The summed E-state index contributed by atoms with van der Waals surface area (Å²) in [4.78, 5) is 0. The van der Waals surface area contributed by atoms with Crippen molar-refractivity contribution in [3.05, 3.63) is 29.8 Å². The molecule has 0 heterocycles. The van der Waals surface area contributed by atoms with Crippen molar-refractivity contribution in [3.8, 4) is 5.75 Å². The molecule has 0 aliphatic heterocycles. The Morgan fingerprint density at radius 3 is 2.35 bits per heavy atom. The average Bonchev–Trinajstić information content (AvgIpc) is 2.38. The van der Waals surface area contributed by atoms with Crippen LogP contribution in [0.5, 0.6) is 5.75 Å². The molecule has 17 heavy (non-hydrogen) atoms. The van der Waals surface area contributed by atoms with Crippen LogP contribution in [0.25, 0.3) is 0 Å². The normalized spacial score (nSPS) is 12.4. The average molecular weight is 238 g/mol. The van der Waals surface area contributed by atoms with E-state index >= 15 is 0 Å². The summed E-state index contributed by atoms with van der Waals surface area (Å²) in [5.74, 6) is 1.14. The highest BCUT2D eigenvalue weighted by Crippen LogP contribution is 2.17. The molecule has 1 rings (SSSR count). The standard InChI is InChI=1S/C14H22O3/c1-17-14-7-5-12(6-8-14)10-13(11-16)4-2-3-9-15/h5-8,13,15-16H,2-4,9-11H2,1H3/t13-/m1/s1. The fourth-order valence-corrected chi connectivity index (χ4v) is 1.90. The van der Waals surface area contributed by atoms with Crippen LogP contribution in [-0.4, -0.2) is 30.5 Å². The number of hydrogen-bond acceptors (Lipinski definition) is 3. The lowest BCUT2D eigenvalue weighted by Crippen LogP contribution is -2.10. The molecule has 0 radical (unpaired) electrons. The van der Waals surface area contributed by atoms with Gasteiger partial charge >= 0.3 is 0 Å². The maximum Gasteiger partial charge on any atom is 0.118 e. The minimum atomic E-state index is 0.206. The van der Waals surface area contributed by atoms with E-state index in [1.54, 1.807) is 7.11 Å². The number of benzene rings is 1. The van der Waals surface area contributed by atoms with Crippen molar-refractivity contribution >= 4 is 0 Å². The minimum Gasteiger partial charge on any atom is -0.497 e. The zero-order valence-corrected chi connectivity index (χ0v) is 10.4. The first-order chi connectivity index (χ1) is 8.30. The minimum absolute atomic E-state index is 0.206. The first kappa shape index (κ1) is 14.0. The summed E-state index contributed by atoms with van der Waals surface area (Å²) in [6, 6.07) is 7.95. The lowest BCUT2D eigenvalue weighted by molar-refractivity contribution is 0.209. The monoisotopic (exact) mass is 238 g/mol. The summed E-state index contributed by atoms with van der Waals surface area (Å²) < 4.78 is 5.10. The highest BCUT2D eigenvalue weighted by molar-refractivity contribution is 5.27. The lowest BCUT2D eigenvalue weighted by atomic mass is 9.95. The molecule has 0 bridgehead atoms. The van der Waals surface area contributed by atoms with Crippen molar-refractivity contribution < 1.29 is 14.9 Å². The highest BCUT2D eigenvalue weighted by Gasteiger charge is 2.08. The van der Waals surface area contributed by atoms with Gasteiger partial charge in [-0.1, -0.05) is 18.6 Å². The predicted octanol–water partition coefficient (Wildman–Crippen LogP) is 2.01. The van der Waals surface area contributed by atoms with Gasteiger partial charge in [-0.05, 0) is 42.9 Å². The molecule has 0 aliphatic carbocycles. The number of aliphatic hydroxyl groups excluding tert-OH is 2. The Balaban J connectivity index is 2.43. The quantitative estimate of drug-likeness (QED) is 0.681. The Morgan fingerprint density at radius 1 is 1.12 bits per heavy atom. The third kappa shape index (κ3) is 5.20. The second-order valence-electron chi connectivity index (χ2n) is 4.32. The number of unbranched alkanes of at least 4 members (excludes halogenated alkanes) is 1. The van der Waals surface area contributed by atoms with Gasteiger partial charge < -0.3 is 14.9 Å². The van der Waals surface area contributed by atoms with Crippen molar-refractivity contribution in [1.82, 2.24) is 0 Å². The van der Waals surface area contributed by atoms with Gasteiger partial charge in [-0.15, -0.1) is 0 Å². The van der Waals surface area contributed by atoms with Gasteiger partial charge in [0, 0.05) is 13.2 Å². The van der Waals surface area contributed by atoms with Gasteiger partial charge in [0.05, 0.1) is 7.11 Å². The first-order valence-electron chi connectivity index (χ1n) is 6.14. The Bertz CT molecular complexity index is 295. The zero-order chi connectivity index (χ0) is 12.5. The molecule has 96 valence electrons. The maximum atomic E-state index is 9.30. The first-order valence-corrected chi connectivity index (χ1v) is 6.14. The van der Waals surface area contributed by atoms with Gasteiger partial charge in [-0.3, -0.25) is 0 Å². The molecule has 0 saturated carbocycles. The summed E-state index contributed by atoms with van der Waals surface area (Å²) in [6.45, 7) is 0.443. The van der Waals surface area contributed by atoms with E-state index in [2.05, 4.69) is 0 Å². The van der Waals surface area contributed by atoms with Crippen LogP contribution in [0.3, 0.4) is 0 Å². The number of aliphatic hydroxyl groups is 2. The van der Waals surface area contributed by atoms with Crippen molar-refractivity contribution in [2.75, 3.05) is 20.3 Å². The van der Waals surface area contributed by atoms with Crippen LogP contribution < -0.4 is 4.74 Å². The van der Waals surface area contributed by atoms with E-state index in [-0.39, 0.29) is 19.1 Å². The molecule has 3 heteroatoms. The molecule has 0 amide bonds. The molecule has 0 spiro atoms. The van der Waals surface area contributed by atoms with E-state index in [4.69, 9.17) is 9.84 Å². The molecule has 1 atom stereocenters. The highest BCUT2D eigenvalue weighted by atomic mass is 16.5. The second-order valence-corrected chi connectivity index (χ2v) is 4.32. The maximum absolute atomic E-state index is 9.30. The summed E-state index contributed by atoms with van der Waals surface area (Å²) >= 11 is 0.